The molecule has 4 aromatic rings. The molecule has 0 amide bonds. The number of hydrogen-bond acceptors (Lipinski definition) is 5. The average Bonchev–Trinajstić information content (AvgIpc) is 3.25. The predicted molar refractivity (Wildman–Crippen MR) is 190 cm³/mol. The summed E-state index contributed by atoms with van der Waals surface area (Å²) in [6.07, 6.45) is 6.35. The van der Waals surface area contributed by atoms with Gasteiger partial charge in [-0.3, -0.25) is 4.90 Å². The maximum absolute atomic E-state index is 12.3. The Balaban J connectivity index is 1.30. The zero-order valence-electron chi connectivity index (χ0n) is 28.7. The van der Waals surface area contributed by atoms with E-state index in [9.17, 15) is 4.79 Å². The van der Waals surface area contributed by atoms with E-state index in [0.717, 1.165) is 56.4 Å². The molecule has 4 aromatic carbocycles. The van der Waals surface area contributed by atoms with Gasteiger partial charge >= 0.3 is 5.97 Å². The Hall–Kier alpha value is -3.93. The van der Waals surface area contributed by atoms with Crippen molar-refractivity contribution in [3.8, 4) is 5.75 Å². The van der Waals surface area contributed by atoms with Crippen molar-refractivity contribution in [2.24, 2.45) is 0 Å². The van der Waals surface area contributed by atoms with Crippen LogP contribution < -0.4 is 4.74 Å². The molecule has 0 saturated heterocycles. The monoisotopic (exact) mass is 633 g/mol. The second-order valence-corrected chi connectivity index (χ2v) is 12.6. The molecule has 0 radical (unpaired) electrons. The number of carbonyl (C=O) groups excluding carboxylic acids is 1. The van der Waals surface area contributed by atoms with Crippen molar-refractivity contribution in [3.05, 3.63) is 136 Å². The number of hydrogen-bond donors (Lipinski definition) is 0. The van der Waals surface area contributed by atoms with E-state index >= 15 is 0 Å². The molecule has 0 aromatic heterocycles. The molecule has 1 aliphatic rings. The minimum Gasteiger partial charge on any atom is -0.492 e. The van der Waals surface area contributed by atoms with Crippen LogP contribution in [0.2, 0.25) is 0 Å². The van der Waals surface area contributed by atoms with E-state index in [1.54, 1.807) is 0 Å². The number of likely N-dealkylation sites (N-methyl/N-ethyl adjacent to an activating group) is 1. The van der Waals surface area contributed by atoms with Crippen molar-refractivity contribution in [1.82, 2.24) is 4.90 Å². The molecule has 2 atom stereocenters. The minimum absolute atomic E-state index is 0.166. The van der Waals surface area contributed by atoms with Crippen LogP contribution in [0.5, 0.6) is 5.75 Å². The van der Waals surface area contributed by atoms with E-state index in [2.05, 4.69) is 85.6 Å². The number of fused-ring (bicyclic) bond motifs is 2. The van der Waals surface area contributed by atoms with Gasteiger partial charge in [0.25, 0.3) is 0 Å². The number of benzene rings is 4. The zero-order valence-corrected chi connectivity index (χ0v) is 28.7. The standard InChI is InChI=1S/C42H51NO4/c1-5-11-32-19-25-38-36(28-32)22-21-35-20-16-33(15-14-31-12-9-8-10-13-31)29-39(35)41(38)43(4)26-27-47-37-23-17-34(18-24-37)30-40(45-6-2)42(44)46-7-3/h8-10,12-13,16-20,23-25,28-29,40-41H,5-7,11,14-15,21-22,26-27,30H2,1-4H3. The molecule has 0 heterocycles. The smallest absolute Gasteiger partial charge is 0.335 e. The van der Waals surface area contributed by atoms with Gasteiger partial charge in [0.15, 0.2) is 6.10 Å². The van der Waals surface area contributed by atoms with Crippen LogP contribution in [0.4, 0.5) is 0 Å². The van der Waals surface area contributed by atoms with Crippen LogP contribution in [0.15, 0.2) is 91.0 Å². The minimum atomic E-state index is -0.595. The quantitative estimate of drug-likeness (QED) is 0.117. The van der Waals surface area contributed by atoms with Gasteiger partial charge in [-0.15, -0.1) is 0 Å². The van der Waals surface area contributed by atoms with Crippen molar-refractivity contribution in [3.63, 3.8) is 0 Å². The third-order valence-electron chi connectivity index (χ3n) is 9.17. The number of esters is 1. The molecular weight excluding hydrogens is 582 g/mol. The molecule has 0 saturated carbocycles. The summed E-state index contributed by atoms with van der Waals surface area (Å²) >= 11 is 0. The van der Waals surface area contributed by atoms with Crippen molar-refractivity contribution in [2.45, 2.75) is 77.9 Å². The first-order valence-electron chi connectivity index (χ1n) is 17.5. The Morgan fingerprint density at radius 1 is 0.745 bits per heavy atom. The summed E-state index contributed by atoms with van der Waals surface area (Å²) in [6.45, 7) is 8.12. The summed E-state index contributed by atoms with van der Waals surface area (Å²) in [5.74, 6) is 0.504. The van der Waals surface area contributed by atoms with Crippen LogP contribution in [-0.4, -0.2) is 50.4 Å². The molecule has 0 aliphatic heterocycles. The molecule has 0 N–H and O–H groups in total. The lowest BCUT2D eigenvalue weighted by Crippen LogP contribution is -2.30. The van der Waals surface area contributed by atoms with Gasteiger partial charge in [-0.1, -0.05) is 92.2 Å². The normalized spacial score (nSPS) is 14.6. The summed E-state index contributed by atoms with van der Waals surface area (Å²) < 4.78 is 17.1. The lowest BCUT2D eigenvalue weighted by atomic mass is 9.90. The highest BCUT2D eigenvalue weighted by Crippen LogP contribution is 2.37. The van der Waals surface area contributed by atoms with Crippen molar-refractivity contribution >= 4 is 5.97 Å². The second kappa shape index (κ2) is 17.3. The molecule has 47 heavy (non-hydrogen) atoms. The Morgan fingerprint density at radius 2 is 1.45 bits per heavy atom. The molecule has 5 heteroatoms. The summed E-state index contributed by atoms with van der Waals surface area (Å²) in [7, 11) is 2.23. The predicted octanol–water partition coefficient (Wildman–Crippen LogP) is 8.13. The van der Waals surface area contributed by atoms with Crippen molar-refractivity contribution < 1.29 is 19.0 Å². The first-order valence-corrected chi connectivity index (χ1v) is 17.5. The van der Waals surface area contributed by atoms with Gasteiger partial charge in [-0.2, -0.15) is 0 Å². The van der Waals surface area contributed by atoms with Gasteiger partial charge in [0.05, 0.1) is 12.6 Å². The maximum atomic E-state index is 12.3. The molecule has 2 unspecified atom stereocenters. The Morgan fingerprint density at radius 3 is 2.19 bits per heavy atom. The SMILES string of the molecule is CCCc1ccc2c(c1)CCc1ccc(CCc3ccccc3)cc1C2N(C)CCOc1ccc(CC(OCC)C(=O)OCC)cc1. The molecule has 5 rings (SSSR count). The first-order chi connectivity index (χ1) is 23.0. The largest absolute Gasteiger partial charge is 0.492 e. The van der Waals surface area contributed by atoms with Gasteiger partial charge in [0.2, 0.25) is 0 Å². The van der Waals surface area contributed by atoms with E-state index in [0.29, 0.717) is 26.2 Å². The second-order valence-electron chi connectivity index (χ2n) is 12.6. The summed E-state index contributed by atoms with van der Waals surface area (Å²) in [6, 6.07) is 33.3. The molecule has 1 aliphatic carbocycles. The van der Waals surface area contributed by atoms with Gasteiger partial charge in [-0.25, -0.2) is 4.79 Å². The van der Waals surface area contributed by atoms with Crippen LogP contribution in [-0.2, 0) is 52.8 Å². The average molecular weight is 634 g/mol. The van der Waals surface area contributed by atoms with Crippen LogP contribution in [0.25, 0.3) is 0 Å². The van der Waals surface area contributed by atoms with Gasteiger partial charge in [0.1, 0.15) is 12.4 Å². The zero-order chi connectivity index (χ0) is 33.0. The van der Waals surface area contributed by atoms with Gasteiger partial charge in [-0.05, 0) is 110 Å². The van der Waals surface area contributed by atoms with E-state index in [-0.39, 0.29) is 12.0 Å². The highest BCUT2D eigenvalue weighted by molar-refractivity contribution is 5.75. The molecular formula is C42H51NO4. The van der Waals surface area contributed by atoms with Gasteiger partial charge in [0, 0.05) is 19.6 Å². The topological polar surface area (TPSA) is 48.0 Å². The first kappa shape index (κ1) is 34.4. The number of aryl methyl sites for hydroxylation is 5. The number of nitrogens with zero attached hydrogens (tertiary/aromatic N) is 1. The Kier molecular flexibility index (Phi) is 12.7. The van der Waals surface area contributed by atoms with Crippen LogP contribution in [0, 0.1) is 0 Å². The Bertz CT molecular complexity index is 1570. The van der Waals surface area contributed by atoms with Crippen molar-refractivity contribution in [1.29, 1.82) is 0 Å². The molecule has 5 nitrogen and oxygen atoms in total. The number of rotatable bonds is 16. The third kappa shape index (κ3) is 9.33. The fourth-order valence-corrected chi connectivity index (χ4v) is 6.73. The fourth-order valence-electron chi connectivity index (χ4n) is 6.73. The number of ether oxygens (including phenoxy) is 3. The molecule has 248 valence electrons. The van der Waals surface area contributed by atoms with Crippen LogP contribution in [0.1, 0.15) is 77.7 Å². The molecule has 0 fully saturated rings. The lowest BCUT2D eigenvalue weighted by molar-refractivity contribution is -0.156. The number of carbonyl (C=O) groups is 1. The summed E-state index contributed by atoms with van der Waals surface area (Å²) in [4.78, 5) is 14.8. The van der Waals surface area contributed by atoms with E-state index in [4.69, 9.17) is 14.2 Å². The van der Waals surface area contributed by atoms with Crippen LogP contribution in [0.3, 0.4) is 0 Å². The maximum Gasteiger partial charge on any atom is 0.335 e. The van der Waals surface area contributed by atoms with Crippen molar-refractivity contribution in [2.75, 3.05) is 33.4 Å². The fraction of sp³-hybridized carbons (Fsp3) is 0.405. The summed E-state index contributed by atoms with van der Waals surface area (Å²) in [5, 5.41) is 0. The highest BCUT2D eigenvalue weighted by Gasteiger charge is 2.28. The third-order valence-corrected chi connectivity index (χ3v) is 9.17. The highest BCUT2D eigenvalue weighted by atomic mass is 16.6. The van der Waals surface area contributed by atoms with E-state index in [1.165, 1.54) is 38.9 Å². The summed E-state index contributed by atoms with van der Waals surface area (Å²) in [5.41, 5.74) is 11.0. The van der Waals surface area contributed by atoms with E-state index in [1.807, 2.05) is 38.1 Å². The molecule has 0 bridgehead atoms. The lowest BCUT2D eigenvalue weighted by Gasteiger charge is -2.31. The van der Waals surface area contributed by atoms with E-state index < -0.39 is 6.10 Å². The molecule has 0 spiro atoms. The Labute approximate surface area is 281 Å². The van der Waals surface area contributed by atoms with Gasteiger partial charge < -0.3 is 14.2 Å². The van der Waals surface area contributed by atoms with Crippen LogP contribution >= 0.6 is 0 Å².